The second-order valence-electron chi connectivity index (χ2n) is 4.54. The fraction of sp³-hybridized carbons (Fsp3) is 0.0625. The predicted molar refractivity (Wildman–Crippen MR) is 75.0 cm³/mol. The van der Waals surface area contributed by atoms with E-state index in [1.807, 2.05) is 49.4 Å². The molecule has 0 saturated carbocycles. The lowest BCUT2D eigenvalue weighted by atomic mass is 10.1. The Bertz CT molecular complexity index is 757. The molecular formula is C16H13NO2. The van der Waals surface area contributed by atoms with Crippen LogP contribution in [0.3, 0.4) is 0 Å². The molecule has 1 heterocycles. The number of nitrogens with zero attached hydrogens (tertiary/aromatic N) is 1. The summed E-state index contributed by atoms with van der Waals surface area (Å²) < 4.78 is 2.13. The van der Waals surface area contributed by atoms with Crippen molar-refractivity contribution in [3.63, 3.8) is 0 Å². The Hall–Kier alpha value is -2.55. The van der Waals surface area contributed by atoms with Crippen LogP contribution in [-0.4, -0.2) is 15.6 Å². The standard InChI is InChI=1S/C16H13NO2/c1-11-9-13-10-12(16(18)19)7-8-15(13)17(11)14-5-3-2-4-6-14/h2-10H,1H3,(H,18,19). The van der Waals surface area contributed by atoms with Crippen LogP contribution < -0.4 is 0 Å². The summed E-state index contributed by atoms with van der Waals surface area (Å²) >= 11 is 0. The van der Waals surface area contributed by atoms with Crippen molar-refractivity contribution < 1.29 is 9.90 Å². The average molecular weight is 251 g/mol. The van der Waals surface area contributed by atoms with E-state index in [1.54, 1.807) is 12.1 Å². The Morgan fingerprint density at radius 3 is 2.47 bits per heavy atom. The normalized spacial score (nSPS) is 10.8. The molecule has 0 aliphatic rings. The summed E-state index contributed by atoms with van der Waals surface area (Å²) in [7, 11) is 0. The lowest BCUT2D eigenvalue weighted by molar-refractivity contribution is 0.0697. The second kappa shape index (κ2) is 4.28. The van der Waals surface area contributed by atoms with Crippen LogP contribution in [0.25, 0.3) is 16.6 Å². The van der Waals surface area contributed by atoms with Crippen molar-refractivity contribution in [2.75, 3.05) is 0 Å². The molecule has 2 aromatic carbocycles. The molecule has 19 heavy (non-hydrogen) atoms. The van der Waals surface area contributed by atoms with Crippen molar-refractivity contribution in [2.45, 2.75) is 6.92 Å². The minimum Gasteiger partial charge on any atom is -0.478 e. The van der Waals surface area contributed by atoms with E-state index in [0.717, 1.165) is 22.3 Å². The summed E-state index contributed by atoms with van der Waals surface area (Å²) in [5, 5.41) is 9.98. The first kappa shape index (κ1) is 11.5. The van der Waals surface area contributed by atoms with Crippen molar-refractivity contribution >= 4 is 16.9 Å². The first-order chi connectivity index (χ1) is 9.16. The number of aromatic nitrogens is 1. The average Bonchev–Trinajstić information content (AvgIpc) is 2.74. The predicted octanol–water partition coefficient (Wildman–Crippen LogP) is 3.64. The van der Waals surface area contributed by atoms with Crippen molar-refractivity contribution in [1.82, 2.24) is 4.57 Å². The number of aryl methyl sites for hydroxylation is 1. The third-order valence-electron chi connectivity index (χ3n) is 3.25. The zero-order valence-electron chi connectivity index (χ0n) is 10.5. The Morgan fingerprint density at radius 2 is 1.79 bits per heavy atom. The van der Waals surface area contributed by atoms with E-state index in [2.05, 4.69) is 4.57 Å². The van der Waals surface area contributed by atoms with E-state index in [9.17, 15) is 4.79 Å². The summed E-state index contributed by atoms with van der Waals surface area (Å²) in [6.45, 7) is 2.02. The molecule has 0 unspecified atom stereocenters. The van der Waals surface area contributed by atoms with E-state index in [0.29, 0.717) is 5.56 Å². The smallest absolute Gasteiger partial charge is 0.335 e. The van der Waals surface area contributed by atoms with Gasteiger partial charge >= 0.3 is 5.97 Å². The molecule has 94 valence electrons. The molecular weight excluding hydrogens is 238 g/mol. The third kappa shape index (κ3) is 1.89. The van der Waals surface area contributed by atoms with Gasteiger partial charge in [-0.3, -0.25) is 0 Å². The molecule has 3 aromatic rings. The summed E-state index contributed by atoms with van der Waals surface area (Å²) in [5.74, 6) is -0.896. The molecule has 0 bridgehead atoms. The van der Waals surface area contributed by atoms with Crippen molar-refractivity contribution in [1.29, 1.82) is 0 Å². The number of hydrogen-bond acceptors (Lipinski definition) is 1. The van der Waals surface area contributed by atoms with Gasteiger partial charge in [0.25, 0.3) is 0 Å². The molecule has 0 spiro atoms. The fourth-order valence-corrected chi connectivity index (χ4v) is 2.41. The number of carboxylic acids is 1. The first-order valence-electron chi connectivity index (χ1n) is 6.07. The van der Waals surface area contributed by atoms with Gasteiger partial charge < -0.3 is 9.67 Å². The molecule has 3 nitrogen and oxygen atoms in total. The zero-order chi connectivity index (χ0) is 13.4. The number of carbonyl (C=O) groups is 1. The highest BCUT2D eigenvalue weighted by Gasteiger charge is 2.10. The molecule has 1 aromatic heterocycles. The van der Waals surface area contributed by atoms with Crippen molar-refractivity contribution in [3.8, 4) is 5.69 Å². The largest absolute Gasteiger partial charge is 0.478 e. The van der Waals surface area contributed by atoms with E-state index in [1.165, 1.54) is 0 Å². The monoisotopic (exact) mass is 251 g/mol. The highest BCUT2D eigenvalue weighted by molar-refractivity contribution is 5.94. The van der Waals surface area contributed by atoms with Crippen LogP contribution in [0, 0.1) is 6.92 Å². The quantitative estimate of drug-likeness (QED) is 0.755. The molecule has 0 aliphatic heterocycles. The molecule has 3 rings (SSSR count). The van der Waals surface area contributed by atoms with Crippen LogP contribution >= 0.6 is 0 Å². The summed E-state index contributed by atoms with van der Waals surface area (Å²) in [6, 6.07) is 17.3. The summed E-state index contributed by atoms with van der Waals surface area (Å²) in [4.78, 5) is 11.0. The van der Waals surface area contributed by atoms with Crippen LogP contribution in [0.2, 0.25) is 0 Å². The van der Waals surface area contributed by atoms with E-state index in [-0.39, 0.29) is 0 Å². The van der Waals surface area contributed by atoms with Crippen LogP contribution in [-0.2, 0) is 0 Å². The highest BCUT2D eigenvalue weighted by Crippen LogP contribution is 2.24. The Balaban J connectivity index is 2.27. The van der Waals surface area contributed by atoms with Gasteiger partial charge in [-0.2, -0.15) is 0 Å². The number of hydrogen-bond donors (Lipinski definition) is 1. The van der Waals surface area contributed by atoms with Gasteiger partial charge in [-0.05, 0) is 43.3 Å². The van der Waals surface area contributed by atoms with Gasteiger partial charge in [-0.1, -0.05) is 18.2 Å². The SMILES string of the molecule is Cc1cc2cc(C(=O)O)ccc2n1-c1ccccc1. The van der Waals surface area contributed by atoms with Gasteiger partial charge in [0.1, 0.15) is 0 Å². The minimum atomic E-state index is -0.896. The Kier molecular flexibility index (Phi) is 2.60. The van der Waals surface area contributed by atoms with Crippen LogP contribution in [0.5, 0.6) is 0 Å². The zero-order valence-corrected chi connectivity index (χ0v) is 10.5. The summed E-state index contributed by atoms with van der Waals surface area (Å²) in [6.07, 6.45) is 0. The lowest BCUT2D eigenvalue weighted by Gasteiger charge is -2.08. The van der Waals surface area contributed by atoms with Gasteiger partial charge in [0.15, 0.2) is 0 Å². The molecule has 0 atom stereocenters. The van der Waals surface area contributed by atoms with Gasteiger partial charge in [-0.15, -0.1) is 0 Å². The third-order valence-corrected chi connectivity index (χ3v) is 3.25. The number of fused-ring (bicyclic) bond motifs is 1. The first-order valence-corrected chi connectivity index (χ1v) is 6.07. The maximum Gasteiger partial charge on any atom is 0.335 e. The molecule has 0 amide bonds. The van der Waals surface area contributed by atoms with E-state index < -0.39 is 5.97 Å². The number of rotatable bonds is 2. The van der Waals surface area contributed by atoms with Gasteiger partial charge in [0.05, 0.1) is 11.1 Å². The molecule has 0 saturated heterocycles. The maximum absolute atomic E-state index is 11.0. The van der Waals surface area contributed by atoms with Crippen molar-refractivity contribution in [2.24, 2.45) is 0 Å². The Morgan fingerprint density at radius 1 is 1.05 bits per heavy atom. The van der Waals surface area contributed by atoms with Gasteiger partial charge in [-0.25, -0.2) is 4.79 Å². The van der Waals surface area contributed by atoms with Gasteiger partial charge in [0, 0.05) is 16.8 Å². The molecule has 1 N–H and O–H groups in total. The van der Waals surface area contributed by atoms with Gasteiger partial charge in [0.2, 0.25) is 0 Å². The maximum atomic E-state index is 11.0. The van der Waals surface area contributed by atoms with Crippen molar-refractivity contribution in [3.05, 3.63) is 65.9 Å². The minimum absolute atomic E-state index is 0.317. The summed E-state index contributed by atoms with van der Waals surface area (Å²) in [5.41, 5.74) is 3.51. The van der Waals surface area contributed by atoms with Crippen LogP contribution in [0.4, 0.5) is 0 Å². The number of carboxylic acid groups (broad SMARTS) is 1. The lowest BCUT2D eigenvalue weighted by Crippen LogP contribution is -1.97. The van der Waals surface area contributed by atoms with Crippen LogP contribution in [0.1, 0.15) is 16.1 Å². The fourth-order valence-electron chi connectivity index (χ4n) is 2.41. The van der Waals surface area contributed by atoms with Crippen LogP contribution in [0.15, 0.2) is 54.6 Å². The number of benzene rings is 2. The second-order valence-corrected chi connectivity index (χ2v) is 4.54. The number of para-hydroxylation sites is 1. The molecule has 0 fully saturated rings. The topological polar surface area (TPSA) is 42.2 Å². The van der Waals surface area contributed by atoms with E-state index in [4.69, 9.17) is 5.11 Å². The Labute approximate surface area is 110 Å². The van der Waals surface area contributed by atoms with E-state index >= 15 is 0 Å². The molecule has 0 radical (unpaired) electrons. The highest BCUT2D eigenvalue weighted by atomic mass is 16.4. The number of aromatic carboxylic acids is 1. The molecule has 3 heteroatoms. The molecule has 0 aliphatic carbocycles.